The van der Waals surface area contributed by atoms with E-state index in [1.54, 1.807) is 10.6 Å². The van der Waals surface area contributed by atoms with Crippen molar-refractivity contribution in [2.75, 3.05) is 6.54 Å². The van der Waals surface area contributed by atoms with Crippen molar-refractivity contribution in [3.63, 3.8) is 0 Å². The maximum Gasteiger partial charge on any atom is 0.266 e. The number of nitrogens with two attached hydrogens (primary N) is 1. The molecule has 4 nitrogen and oxygen atoms in total. The van der Waals surface area contributed by atoms with Gasteiger partial charge < -0.3 is 5.32 Å². The van der Waals surface area contributed by atoms with Crippen LogP contribution in [0.4, 0.5) is 0 Å². The second-order valence-corrected chi connectivity index (χ2v) is 7.14. The molecule has 3 rings (SSSR count). The van der Waals surface area contributed by atoms with Gasteiger partial charge in [0, 0.05) is 5.92 Å². The normalized spacial score (nSPS) is 12.7. The van der Waals surface area contributed by atoms with E-state index in [-0.39, 0.29) is 11.6 Å². The molecule has 2 aromatic carbocycles. The van der Waals surface area contributed by atoms with Gasteiger partial charge in [-0.3, -0.25) is 9.36 Å². The Bertz CT molecular complexity index is 949. The first kappa shape index (κ1) is 17.6. The van der Waals surface area contributed by atoms with Crippen molar-refractivity contribution in [2.45, 2.75) is 26.8 Å². The van der Waals surface area contributed by atoms with Crippen LogP contribution in [0.3, 0.4) is 0 Å². The molecule has 1 atom stereocenters. The van der Waals surface area contributed by atoms with Crippen LogP contribution in [0.15, 0.2) is 53.3 Å². The van der Waals surface area contributed by atoms with Crippen molar-refractivity contribution < 1.29 is 5.32 Å². The van der Waals surface area contributed by atoms with Crippen molar-refractivity contribution in [2.24, 2.45) is 5.92 Å². The quantitative estimate of drug-likeness (QED) is 0.762. The minimum Gasteiger partial charge on any atom is -0.338 e. The Hall–Kier alpha value is -2.17. The van der Waals surface area contributed by atoms with Gasteiger partial charge in [-0.05, 0) is 31.2 Å². The number of benzene rings is 2. The molecule has 1 aromatic heterocycles. The lowest BCUT2D eigenvalue weighted by molar-refractivity contribution is -0.698. The second kappa shape index (κ2) is 7.38. The molecule has 1 heterocycles. The van der Waals surface area contributed by atoms with Crippen molar-refractivity contribution in [3.8, 4) is 5.69 Å². The van der Waals surface area contributed by atoms with E-state index in [4.69, 9.17) is 16.6 Å². The highest BCUT2D eigenvalue weighted by Gasteiger charge is 2.21. The lowest BCUT2D eigenvalue weighted by Crippen LogP contribution is -2.86. The smallest absolute Gasteiger partial charge is 0.266 e. The molecule has 25 heavy (non-hydrogen) atoms. The molecule has 0 fully saturated rings. The highest BCUT2D eigenvalue weighted by atomic mass is 35.5. The number of para-hydroxylation sites is 2. The van der Waals surface area contributed by atoms with Gasteiger partial charge in [-0.25, -0.2) is 4.98 Å². The number of rotatable bonds is 5. The molecular formula is C20H23ClN3O+. The molecule has 0 aliphatic heterocycles. The minimum atomic E-state index is -0.0847. The summed E-state index contributed by atoms with van der Waals surface area (Å²) in [7, 11) is 0. The summed E-state index contributed by atoms with van der Waals surface area (Å²) < 4.78 is 1.66. The van der Waals surface area contributed by atoms with Gasteiger partial charge in [-0.1, -0.05) is 49.7 Å². The lowest BCUT2D eigenvalue weighted by Gasteiger charge is -2.19. The average Bonchev–Trinajstić information content (AvgIpc) is 2.60. The Morgan fingerprint density at radius 1 is 1.08 bits per heavy atom. The molecular weight excluding hydrogens is 334 g/mol. The molecule has 0 saturated heterocycles. The highest BCUT2D eigenvalue weighted by Crippen LogP contribution is 2.22. The van der Waals surface area contributed by atoms with Crippen LogP contribution in [0.2, 0.25) is 5.02 Å². The lowest BCUT2D eigenvalue weighted by atomic mass is 10.1. The molecule has 0 radical (unpaired) electrons. The van der Waals surface area contributed by atoms with Crippen molar-refractivity contribution >= 4 is 22.5 Å². The van der Waals surface area contributed by atoms with E-state index in [1.807, 2.05) is 42.5 Å². The van der Waals surface area contributed by atoms with Crippen LogP contribution in [0.25, 0.3) is 16.6 Å². The Morgan fingerprint density at radius 3 is 2.48 bits per heavy atom. The molecule has 2 N–H and O–H groups in total. The van der Waals surface area contributed by atoms with Crippen LogP contribution < -0.4 is 10.9 Å². The fraction of sp³-hybridized carbons (Fsp3) is 0.300. The molecule has 130 valence electrons. The number of fused-ring (bicyclic) bond motifs is 1. The topological polar surface area (TPSA) is 51.5 Å². The van der Waals surface area contributed by atoms with Gasteiger partial charge >= 0.3 is 0 Å². The summed E-state index contributed by atoms with van der Waals surface area (Å²) in [6.07, 6.45) is 0. The van der Waals surface area contributed by atoms with E-state index >= 15 is 0 Å². The van der Waals surface area contributed by atoms with Gasteiger partial charge in [-0.15, -0.1) is 0 Å². The van der Waals surface area contributed by atoms with Crippen molar-refractivity contribution in [1.82, 2.24) is 9.55 Å². The molecule has 0 amide bonds. The predicted octanol–water partition coefficient (Wildman–Crippen LogP) is 3.32. The van der Waals surface area contributed by atoms with Gasteiger partial charge in [0.05, 0.1) is 28.2 Å². The van der Waals surface area contributed by atoms with E-state index < -0.39 is 0 Å². The van der Waals surface area contributed by atoms with Gasteiger partial charge in [0.1, 0.15) is 6.04 Å². The van der Waals surface area contributed by atoms with Crippen LogP contribution in [0, 0.1) is 5.92 Å². The first-order valence-corrected chi connectivity index (χ1v) is 8.96. The SMILES string of the molecule is CC(C)C[NH2+][C@H](C)c1nc2ccccc2c(=O)n1-c1ccccc1Cl. The Morgan fingerprint density at radius 2 is 1.76 bits per heavy atom. The third-order valence-electron chi connectivity index (χ3n) is 4.26. The molecule has 0 spiro atoms. The number of hydrogen-bond donors (Lipinski definition) is 1. The molecule has 0 aliphatic rings. The van der Waals surface area contributed by atoms with Gasteiger partial charge in [0.2, 0.25) is 0 Å². The zero-order valence-electron chi connectivity index (χ0n) is 14.7. The fourth-order valence-electron chi connectivity index (χ4n) is 2.90. The van der Waals surface area contributed by atoms with Crippen LogP contribution in [0.1, 0.15) is 32.6 Å². The second-order valence-electron chi connectivity index (χ2n) is 6.73. The summed E-state index contributed by atoms with van der Waals surface area (Å²) in [6.45, 7) is 7.40. The zero-order chi connectivity index (χ0) is 18.0. The van der Waals surface area contributed by atoms with Crippen LogP contribution in [-0.4, -0.2) is 16.1 Å². The molecule has 5 heteroatoms. The van der Waals surface area contributed by atoms with Gasteiger partial charge in [-0.2, -0.15) is 0 Å². The Kier molecular flexibility index (Phi) is 5.21. The van der Waals surface area contributed by atoms with E-state index in [2.05, 4.69) is 26.1 Å². The number of quaternary nitrogens is 1. The maximum atomic E-state index is 13.2. The number of nitrogens with zero attached hydrogens (tertiary/aromatic N) is 2. The highest BCUT2D eigenvalue weighted by molar-refractivity contribution is 6.32. The summed E-state index contributed by atoms with van der Waals surface area (Å²) in [5.41, 5.74) is 1.31. The summed E-state index contributed by atoms with van der Waals surface area (Å²) in [5, 5.41) is 3.36. The Labute approximate surface area is 152 Å². The molecule has 0 bridgehead atoms. The maximum absolute atomic E-state index is 13.2. The largest absolute Gasteiger partial charge is 0.338 e. The molecule has 3 aromatic rings. The molecule has 0 unspecified atom stereocenters. The first-order chi connectivity index (χ1) is 12.0. The van der Waals surface area contributed by atoms with Crippen molar-refractivity contribution in [3.05, 3.63) is 69.7 Å². The molecule has 0 aliphatic carbocycles. The van der Waals surface area contributed by atoms with Crippen LogP contribution >= 0.6 is 11.6 Å². The third-order valence-corrected chi connectivity index (χ3v) is 4.58. The van der Waals surface area contributed by atoms with E-state index in [1.165, 1.54) is 0 Å². The number of halogens is 1. The molecule has 0 saturated carbocycles. The summed E-state index contributed by atoms with van der Waals surface area (Å²) in [4.78, 5) is 18.0. The standard InChI is InChI=1S/C20H22ClN3O/c1-13(2)12-22-14(3)19-23-17-10-6-4-8-15(17)20(25)24(19)18-11-7-5-9-16(18)21/h4-11,13-14,22H,12H2,1-3H3/p+1/t14-/m1/s1. The van der Waals surface area contributed by atoms with Gasteiger partial charge in [0.15, 0.2) is 5.82 Å². The van der Waals surface area contributed by atoms with E-state index in [0.717, 1.165) is 17.9 Å². The number of hydrogen-bond acceptors (Lipinski definition) is 2. The Balaban J connectivity index is 2.25. The summed E-state index contributed by atoms with van der Waals surface area (Å²) in [6, 6.07) is 14.9. The average molecular weight is 357 g/mol. The monoisotopic (exact) mass is 356 g/mol. The zero-order valence-corrected chi connectivity index (χ0v) is 15.5. The fourth-order valence-corrected chi connectivity index (χ4v) is 3.12. The van der Waals surface area contributed by atoms with Crippen molar-refractivity contribution in [1.29, 1.82) is 0 Å². The van der Waals surface area contributed by atoms with Crippen LogP contribution in [-0.2, 0) is 0 Å². The van der Waals surface area contributed by atoms with E-state index in [0.29, 0.717) is 22.0 Å². The number of aromatic nitrogens is 2. The first-order valence-electron chi connectivity index (χ1n) is 8.59. The third kappa shape index (κ3) is 3.60. The van der Waals surface area contributed by atoms with Gasteiger partial charge in [0.25, 0.3) is 5.56 Å². The summed E-state index contributed by atoms with van der Waals surface area (Å²) in [5.74, 6) is 1.28. The predicted molar refractivity (Wildman–Crippen MR) is 102 cm³/mol. The minimum absolute atomic E-state index is 0.0379. The van der Waals surface area contributed by atoms with Crippen LogP contribution in [0.5, 0.6) is 0 Å². The summed E-state index contributed by atoms with van der Waals surface area (Å²) >= 11 is 6.39. The van der Waals surface area contributed by atoms with E-state index in [9.17, 15) is 4.79 Å².